The topological polar surface area (TPSA) is 98.4 Å². The smallest absolute Gasteiger partial charge is 0.290 e. The van der Waals surface area contributed by atoms with Crippen LogP contribution in [0.5, 0.6) is 17.2 Å². The summed E-state index contributed by atoms with van der Waals surface area (Å²) in [5.41, 5.74) is 0.679. The summed E-state index contributed by atoms with van der Waals surface area (Å²) in [7, 11) is 4.44. The Labute approximate surface area is 221 Å². The lowest BCUT2D eigenvalue weighted by Gasteiger charge is -2.28. The molecule has 4 aromatic rings. The van der Waals surface area contributed by atoms with Crippen molar-refractivity contribution in [2.24, 2.45) is 0 Å². The average molecular weight is 540 g/mol. The molecule has 0 fully saturated rings. The van der Waals surface area contributed by atoms with E-state index in [-0.39, 0.29) is 17.9 Å². The summed E-state index contributed by atoms with van der Waals surface area (Å²) in [5, 5.41) is 13.9. The van der Waals surface area contributed by atoms with E-state index in [1.165, 1.54) is 43.6 Å². The lowest BCUT2D eigenvalue weighted by molar-refractivity contribution is -0.130. The minimum atomic E-state index is -0.967. The third-order valence-electron chi connectivity index (χ3n) is 6.17. The van der Waals surface area contributed by atoms with Gasteiger partial charge in [-0.15, -0.1) is 11.3 Å². The number of nitrogens with zero attached hydrogens (tertiary/aromatic N) is 1. The van der Waals surface area contributed by atoms with E-state index >= 15 is 0 Å². The second kappa shape index (κ2) is 9.84. The number of ketones is 1. The van der Waals surface area contributed by atoms with Crippen molar-refractivity contribution in [3.8, 4) is 17.2 Å². The first kappa shape index (κ1) is 24.7. The van der Waals surface area contributed by atoms with Crippen molar-refractivity contribution in [3.05, 3.63) is 86.5 Å². The maximum Gasteiger partial charge on any atom is 0.290 e. The highest BCUT2D eigenvalue weighted by Gasteiger charge is 2.46. The summed E-state index contributed by atoms with van der Waals surface area (Å²) >= 11 is 7.64. The van der Waals surface area contributed by atoms with E-state index in [4.69, 9.17) is 30.2 Å². The van der Waals surface area contributed by atoms with E-state index < -0.39 is 23.5 Å². The first-order valence-corrected chi connectivity index (χ1v) is 12.4. The maximum atomic E-state index is 13.9. The number of benzene rings is 2. The third-order valence-corrected chi connectivity index (χ3v) is 7.25. The van der Waals surface area contributed by atoms with Gasteiger partial charge in [-0.2, -0.15) is 0 Å². The van der Waals surface area contributed by atoms with Gasteiger partial charge in [-0.25, -0.2) is 0 Å². The third kappa shape index (κ3) is 4.20. The van der Waals surface area contributed by atoms with Gasteiger partial charge >= 0.3 is 0 Å². The number of aliphatic hydroxyl groups is 1. The van der Waals surface area contributed by atoms with Gasteiger partial charge in [-0.3, -0.25) is 9.59 Å². The number of methoxy groups -OCH3 is 3. The number of halogens is 1. The number of rotatable bonds is 8. The zero-order valence-electron chi connectivity index (χ0n) is 20.1. The van der Waals surface area contributed by atoms with Gasteiger partial charge < -0.3 is 28.6 Å². The summed E-state index contributed by atoms with van der Waals surface area (Å²) in [5.74, 6) is -0.932. The van der Waals surface area contributed by atoms with Crippen molar-refractivity contribution < 1.29 is 33.3 Å². The Morgan fingerprint density at radius 2 is 1.86 bits per heavy atom. The molecule has 10 heteroatoms. The number of fused-ring (bicyclic) bond motifs is 1. The van der Waals surface area contributed by atoms with Crippen LogP contribution in [0.1, 0.15) is 27.0 Å². The monoisotopic (exact) mass is 539 g/mol. The molecule has 5 rings (SSSR count). The van der Waals surface area contributed by atoms with Gasteiger partial charge in [-0.1, -0.05) is 29.8 Å². The second-order valence-electron chi connectivity index (χ2n) is 8.23. The standard InChI is InChI=1S/C27H22ClNO7S/c1-33-18-8-4-7-17(26(18)35-3)22-21(24(31)27(32)29(22)13-16-6-5-9-37-16)23(30)19-11-14-10-15(28)12-20(34-2)25(14)36-19/h4-12,22,31H,13H2,1-3H3. The Morgan fingerprint density at radius 1 is 1.08 bits per heavy atom. The molecule has 0 radical (unpaired) electrons. The van der Waals surface area contributed by atoms with E-state index in [1.807, 2.05) is 17.5 Å². The molecule has 3 heterocycles. The van der Waals surface area contributed by atoms with Crippen LogP contribution >= 0.6 is 22.9 Å². The molecule has 0 aliphatic carbocycles. The van der Waals surface area contributed by atoms with Gasteiger partial charge in [0, 0.05) is 26.9 Å². The Morgan fingerprint density at radius 3 is 2.54 bits per heavy atom. The van der Waals surface area contributed by atoms with Crippen LogP contribution < -0.4 is 14.2 Å². The fraction of sp³-hybridized carbons (Fsp3) is 0.185. The fourth-order valence-corrected chi connectivity index (χ4v) is 5.47. The summed E-state index contributed by atoms with van der Waals surface area (Å²) in [6.45, 7) is 0.173. The molecule has 1 N–H and O–H groups in total. The van der Waals surface area contributed by atoms with Gasteiger partial charge in [-0.05, 0) is 29.6 Å². The minimum absolute atomic E-state index is 0.0743. The SMILES string of the molecule is COc1cccc(C2C(C(=O)c3cc4cc(Cl)cc(OC)c4o3)=C(O)C(=O)N2Cc2cccs2)c1OC. The number of Topliss-reactive ketones (excluding diaryl/α,β-unsaturated/α-hetero) is 1. The predicted octanol–water partition coefficient (Wildman–Crippen LogP) is 5.95. The normalized spacial score (nSPS) is 15.5. The number of para-hydroxylation sites is 1. The number of amides is 1. The van der Waals surface area contributed by atoms with Crippen molar-refractivity contribution in [3.63, 3.8) is 0 Å². The van der Waals surface area contributed by atoms with E-state index in [2.05, 4.69) is 0 Å². The highest BCUT2D eigenvalue weighted by atomic mass is 35.5. The molecule has 2 aromatic carbocycles. The Bertz CT molecular complexity index is 1540. The maximum absolute atomic E-state index is 13.9. The summed E-state index contributed by atoms with van der Waals surface area (Å²) in [4.78, 5) is 29.6. The zero-order valence-corrected chi connectivity index (χ0v) is 21.7. The number of carbonyl (C=O) groups excluding carboxylic acids is 2. The van der Waals surface area contributed by atoms with Crippen LogP contribution in [-0.4, -0.2) is 43.0 Å². The molecule has 1 aliphatic rings. The van der Waals surface area contributed by atoms with Crippen LogP contribution in [0, 0.1) is 0 Å². The number of hydrogen-bond acceptors (Lipinski definition) is 8. The molecule has 190 valence electrons. The van der Waals surface area contributed by atoms with Crippen molar-refractivity contribution in [1.29, 1.82) is 0 Å². The fourth-order valence-electron chi connectivity index (χ4n) is 4.55. The predicted molar refractivity (Wildman–Crippen MR) is 139 cm³/mol. The summed E-state index contributed by atoms with van der Waals surface area (Å²) in [6, 6.07) is 12.7. The molecule has 1 unspecified atom stereocenters. The zero-order chi connectivity index (χ0) is 26.3. The molecule has 37 heavy (non-hydrogen) atoms. The van der Waals surface area contributed by atoms with Gasteiger partial charge in [0.2, 0.25) is 5.78 Å². The number of furan rings is 1. The number of hydrogen-bond donors (Lipinski definition) is 1. The Balaban J connectivity index is 1.67. The van der Waals surface area contributed by atoms with Crippen LogP contribution in [0.3, 0.4) is 0 Å². The largest absolute Gasteiger partial charge is 0.503 e. The molecule has 1 amide bonds. The van der Waals surface area contributed by atoms with E-state index in [1.54, 1.807) is 30.3 Å². The Kier molecular flexibility index (Phi) is 6.57. The number of thiophene rings is 1. The molecule has 2 aromatic heterocycles. The minimum Gasteiger partial charge on any atom is -0.503 e. The Hall–Kier alpha value is -3.95. The van der Waals surface area contributed by atoms with Gasteiger partial charge in [0.25, 0.3) is 5.91 Å². The van der Waals surface area contributed by atoms with Crippen LogP contribution in [0.15, 0.2) is 69.7 Å². The molecule has 0 bridgehead atoms. The average Bonchev–Trinajstić information content (AvgIpc) is 3.63. The highest BCUT2D eigenvalue weighted by Crippen LogP contribution is 2.46. The number of carbonyl (C=O) groups is 2. The van der Waals surface area contributed by atoms with E-state index in [9.17, 15) is 14.7 Å². The van der Waals surface area contributed by atoms with Crippen LogP contribution in [0.4, 0.5) is 0 Å². The van der Waals surface area contributed by atoms with Crippen molar-refractivity contribution in [2.75, 3.05) is 21.3 Å². The molecule has 1 aliphatic heterocycles. The molecule has 0 saturated heterocycles. The van der Waals surface area contributed by atoms with E-state index in [0.717, 1.165) is 4.88 Å². The van der Waals surface area contributed by atoms with Crippen molar-refractivity contribution >= 4 is 45.6 Å². The van der Waals surface area contributed by atoms with Crippen molar-refractivity contribution in [1.82, 2.24) is 4.90 Å². The lowest BCUT2D eigenvalue weighted by Crippen LogP contribution is -2.30. The summed E-state index contributed by atoms with van der Waals surface area (Å²) < 4.78 is 22.3. The number of aliphatic hydroxyl groups excluding tert-OH is 1. The van der Waals surface area contributed by atoms with Crippen LogP contribution in [0.25, 0.3) is 11.0 Å². The first-order valence-electron chi connectivity index (χ1n) is 11.2. The van der Waals surface area contributed by atoms with Gasteiger partial charge in [0.05, 0.1) is 39.5 Å². The van der Waals surface area contributed by atoms with E-state index in [0.29, 0.717) is 38.8 Å². The molecular formula is C27H22ClNO7S. The first-order chi connectivity index (χ1) is 17.9. The molecule has 8 nitrogen and oxygen atoms in total. The molecular weight excluding hydrogens is 518 g/mol. The number of ether oxygens (including phenoxy) is 3. The second-order valence-corrected chi connectivity index (χ2v) is 9.69. The summed E-state index contributed by atoms with van der Waals surface area (Å²) in [6.07, 6.45) is 0. The highest BCUT2D eigenvalue weighted by molar-refractivity contribution is 7.09. The van der Waals surface area contributed by atoms with Gasteiger partial charge in [0.1, 0.15) is 0 Å². The van der Waals surface area contributed by atoms with Gasteiger partial charge in [0.15, 0.2) is 34.4 Å². The molecule has 0 spiro atoms. The molecule has 1 atom stereocenters. The molecule has 0 saturated carbocycles. The van der Waals surface area contributed by atoms with Crippen molar-refractivity contribution in [2.45, 2.75) is 12.6 Å². The quantitative estimate of drug-likeness (QED) is 0.276. The van der Waals surface area contributed by atoms with Crippen LogP contribution in [-0.2, 0) is 11.3 Å². The lowest BCUT2D eigenvalue weighted by atomic mass is 9.94. The van der Waals surface area contributed by atoms with Crippen LogP contribution in [0.2, 0.25) is 5.02 Å².